The van der Waals surface area contributed by atoms with Crippen molar-refractivity contribution in [2.24, 2.45) is 5.92 Å². The number of anilines is 1. The number of hydrogen-bond acceptors (Lipinski definition) is 3. The summed E-state index contributed by atoms with van der Waals surface area (Å²) in [6.45, 7) is 6.47. The molecule has 1 fully saturated rings. The van der Waals surface area contributed by atoms with Gasteiger partial charge >= 0.3 is 0 Å². The van der Waals surface area contributed by atoms with Crippen LogP contribution in [0.3, 0.4) is 0 Å². The second-order valence-corrected chi connectivity index (χ2v) is 5.83. The molecule has 1 saturated heterocycles. The normalized spacial score (nSPS) is 16.5. The van der Waals surface area contributed by atoms with Crippen molar-refractivity contribution in [1.29, 1.82) is 0 Å². The lowest BCUT2D eigenvalue weighted by atomic mass is 10.0. The third-order valence-electron chi connectivity index (χ3n) is 4.05. The number of carbonyl (C=O) groups is 2. The van der Waals surface area contributed by atoms with Crippen LogP contribution in [0.25, 0.3) is 0 Å². The molecule has 5 nitrogen and oxygen atoms in total. The fourth-order valence-electron chi connectivity index (χ4n) is 2.67. The van der Waals surface area contributed by atoms with E-state index in [1.54, 1.807) is 12.1 Å². The largest absolute Gasteiger partial charge is 0.352 e. The average Bonchev–Trinajstić information content (AvgIpc) is 3.01. The highest BCUT2D eigenvalue weighted by Crippen LogP contribution is 2.19. The fraction of sp³-hybridized carbons (Fsp3) is 0.529. The number of benzene rings is 1. The van der Waals surface area contributed by atoms with Crippen LogP contribution in [0.5, 0.6) is 0 Å². The monoisotopic (exact) mass is 339 g/mol. The van der Waals surface area contributed by atoms with E-state index in [9.17, 15) is 9.59 Å². The topological polar surface area (TPSA) is 70.2 Å². The first kappa shape index (κ1) is 19.5. The molecule has 1 unspecified atom stereocenters. The molecular weight excluding hydrogens is 314 g/mol. The van der Waals surface area contributed by atoms with Gasteiger partial charge in [0.2, 0.25) is 5.91 Å². The van der Waals surface area contributed by atoms with E-state index in [0.29, 0.717) is 24.4 Å². The zero-order chi connectivity index (χ0) is 15.9. The Hall–Kier alpha value is -1.59. The van der Waals surface area contributed by atoms with E-state index in [1.807, 2.05) is 19.9 Å². The Balaban J connectivity index is 0.00000264. The molecular formula is C17H26ClN3O2. The summed E-state index contributed by atoms with van der Waals surface area (Å²) in [6.07, 6.45) is 2.59. The highest BCUT2D eigenvalue weighted by Gasteiger charge is 2.16. The van der Waals surface area contributed by atoms with Gasteiger partial charge in [0.15, 0.2) is 0 Å². The second kappa shape index (κ2) is 9.53. The van der Waals surface area contributed by atoms with Crippen molar-refractivity contribution in [2.75, 3.05) is 25.0 Å². The smallest absolute Gasteiger partial charge is 0.251 e. The van der Waals surface area contributed by atoms with Crippen LogP contribution in [0.15, 0.2) is 18.2 Å². The van der Waals surface area contributed by atoms with E-state index < -0.39 is 0 Å². The maximum Gasteiger partial charge on any atom is 0.251 e. The van der Waals surface area contributed by atoms with E-state index in [1.165, 1.54) is 0 Å². The van der Waals surface area contributed by atoms with Crippen LogP contribution in [0.2, 0.25) is 0 Å². The van der Waals surface area contributed by atoms with Gasteiger partial charge in [-0.2, -0.15) is 0 Å². The van der Waals surface area contributed by atoms with Gasteiger partial charge in [-0.15, -0.1) is 12.4 Å². The van der Waals surface area contributed by atoms with E-state index in [-0.39, 0.29) is 24.2 Å². The van der Waals surface area contributed by atoms with Gasteiger partial charge in [-0.1, -0.05) is 6.07 Å². The molecule has 1 heterocycles. The van der Waals surface area contributed by atoms with E-state index >= 15 is 0 Å². The third kappa shape index (κ3) is 5.84. The first-order chi connectivity index (χ1) is 10.6. The van der Waals surface area contributed by atoms with Crippen LogP contribution < -0.4 is 16.0 Å². The molecule has 2 amide bonds. The molecule has 1 aliphatic rings. The Bertz CT molecular complexity index is 543. The molecule has 23 heavy (non-hydrogen) atoms. The van der Waals surface area contributed by atoms with Crippen LogP contribution in [0.1, 0.15) is 42.1 Å². The predicted octanol–water partition coefficient (Wildman–Crippen LogP) is 2.49. The number of carbonyl (C=O) groups excluding carboxylic acids is 2. The van der Waals surface area contributed by atoms with Gasteiger partial charge in [-0.05, 0) is 63.4 Å². The summed E-state index contributed by atoms with van der Waals surface area (Å²) in [5, 5.41) is 9.01. The van der Waals surface area contributed by atoms with Gasteiger partial charge < -0.3 is 16.0 Å². The second-order valence-electron chi connectivity index (χ2n) is 5.83. The summed E-state index contributed by atoms with van der Waals surface area (Å²) in [7, 11) is 0. The zero-order valence-corrected chi connectivity index (χ0v) is 14.6. The van der Waals surface area contributed by atoms with Gasteiger partial charge in [-0.3, -0.25) is 9.59 Å². The highest BCUT2D eigenvalue weighted by molar-refractivity contribution is 5.97. The molecule has 1 aromatic rings. The molecule has 2 rings (SSSR count). The molecule has 0 radical (unpaired) electrons. The minimum absolute atomic E-state index is 0. The lowest BCUT2D eigenvalue weighted by Gasteiger charge is -2.12. The average molecular weight is 340 g/mol. The summed E-state index contributed by atoms with van der Waals surface area (Å²) in [6, 6.07) is 5.39. The quantitative estimate of drug-likeness (QED) is 0.745. The van der Waals surface area contributed by atoms with Gasteiger partial charge in [0.25, 0.3) is 5.91 Å². The minimum Gasteiger partial charge on any atom is -0.352 e. The van der Waals surface area contributed by atoms with Crippen molar-refractivity contribution in [3.63, 3.8) is 0 Å². The summed E-state index contributed by atoms with van der Waals surface area (Å²) in [4.78, 5) is 24.0. The molecule has 1 aromatic carbocycles. The minimum atomic E-state index is -0.116. The van der Waals surface area contributed by atoms with Crippen molar-refractivity contribution in [3.05, 3.63) is 29.3 Å². The summed E-state index contributed by atoms with van der Waals surface area (Å²) >= 11 is 0. The number of hydrogen-bond donors (Lipinski definition) is 3. The Morgan fingerprint density at radius 1 is 1.35 bits per heavy atom. The first-order valence-corrected chi connectivity index (χ1v) is 7.99. The highest BCUT2D eigenvalue weighted by atomic mass is 35.5. The van der Waals surface area contributed by atoms with Crippen LogP contribution >= 0.6 is 12.4 Å². The standard InChI is InChI=1S/C17H25N3O2.ClH/c1-3-19-17(22)14-6-4-12(2)15(10-14)20-16(21)7-5-13-8-9-18-11-13;/h4,6,10,13,18H,3,5,7-9,11H2,1-2H3,(H,19,22)(H,20,21);1H. The third-order valence-corrected chi connectivity index (χ3v) is 4.05. The lowest BCUT2D eigenvalue weighted by Crippen LogP contribution is -2.23. The van der Waals surface area contributed by atoms with Crippen molar-refractivity contribution >= 4 is 29.9 Å². The Labute approximate surface area is 144 Å². The molecule has 0 saturated carbocycles. The predicted molar refractivity (Wildman–Crippen MR) is 95.3 cm³/mol. The number of nitrogens with one attached hydrogen (secondary N) is 3. The van der Waals surface area contributed by atoms with Gasteiger partial charge in [0, 0.05) is 24.2 Å². The maximum atomic E-state index is 12.1. The number of amides is 2. The van der Waals surface area contributed by atoms with Gasteiger partial charge in [0.05, 0.1) is 0 Å². The molecule has 0 spiro atoms. The molecule has 0 aliphatic carbocycles. The van der Waals surface area contributed by atoms with Crippen LogP contribution in [0, 0.1) is 12.8 Å². The summed E-state index contributed by atoms with van der Waals surface area (Å²) in [5.41, 5.74) is 2.25. The zero-order valence-electron chi connectivity index (χ0n) is 13.8. The van der Waals surface area contributed by atoms with Crippen LogP contribution in [0.4, 0.5) is 5.69 Å². The van der Waals surface area contributed by atoms with Crippen molar-refractivity contribution in [2.45, 2.75) is 33.1 Å². The van der Waals surface area contributed by atoms with Crippen molar-refractivity contribution in [3.8, 4) is 0 Å². The molecule has 0 aromatic heterocycles. The Kier molecular flexibility index (Phi) is 8.06. The lowest BCUT2D eigenvalue weighted by molar-refractivity contribution is -0.116. The van der Waals surface area contributed by atoms with Crippen LogP contribution in [-0.4, -0.2) is 31.4 Å². The van der Waals surface area contributed by atoms with E-state index in [0.717, 1.165) is 37.2 Å². The van der Waals surface area contributed by atoms with Gasteiger partial charge in [0.1, 0.15) is 0 Å². The maximum absolute atomic E-state index is 12.1. The molecule has 128 valence electrons. The van der Waals surface area contributed by atoms with E-state index in [2.05, 4.69) is 16.0 Å². The summed E-state index contributed by atoms with van der Waals surface area (Å²) in [5.74, 6) is 0.506. The van der Waals surface area contributed by atoms with Gasteiger partial charge in [-0.25, -0.2) is 0 Å². The van der Waals surface area contributed by atoms with Crippen LogP contribution in [-0.2, 0) is 4.79 Å². The molecule has 3 N–H and O–H groups in total. The number of halogens is 1. The molecule has 0 bridgehead atoms. The van der Waals surface area contributed by atoms with Crippen molar-refractivity contribution < 1.29 is 9.59 Å². The number of aryl methyl sites for hydroxylation is 1. The molecule has 1 aliphatic heterocycles. The SMILES string of the molecule is CCNC(=O)c1ccc(C)c(NC(=O)CCC2CCNC2)c1.Cl. The molecule has 6 heteroatoms. The number of rotatable bonds is 6. The Morgan fingerprint density at radius 3 is 2.78 bits per heavy atom. The van der Waals surface area contributed by atoms with E-state index in [4.69, 9.17) is 0 Å². The first-order valence-electron chi connectivity index (χ1n) is 7.99. The molecule has 1 atom stereocenters. The summed E-state index contributed by atoms with van der Waals surface area (Å²) < 4.78 is 0. The fourth-order valence-corrected chi connectivity index (χ4v) is 2.67. The van der Waals surface area contributed by atoms with Crippen molar-refractivity contribution in [1.82, 2.24) is 10.6 Å². The Morgan fingerprint density at radius 2 is 2.13 bits per heavy atom.